The van der Waals surface area contributed by atoms with E-state index in [0.29, 0.717) is 59.0 Å². The molecule has 0 saturated heterocycles. The van der Waals surface area contributed by atoms with Crippen molar-refractivity contribution in [3.63, 3.8) is 0 Å². The van der Waals surface area contributed by atoms with Gasteiger partial charge in [0.25, 0.3) is 5.91 Å². The number of carboxylic acid groups (broad SMARTS) is 1. The van der Waals surface area contributed by atoms with Crippen LogP contribution in [0.1, 0.15) is 68.4 Å². The third-order valence-corrected chi connectivity index (χ3v) is 11.3. The van der Waals surface area contributed by atoms with Crippen LogP contribution < -0.4 is 14.4 Å². The summed E-state index contributed by atoms with van der Waals surface area (Å²) in [6.45, 7) is 11.2. The second-order valence-corrected chi connectivity index (χ2v) is 14.7. The first-order valence-electron chi connectivity index (χ1n) is 17.9. The summed E-state index contributed by atoms with van der Waals surface area (Å²) in [6, 6.07) is 12.8. The van der Waals surface area contributed by atoms with Gasteiger partial charge < -0.3 is 33.4 Å². The van der Waals surface area contributed by atoms with Crippen LogP contribution in [0.4, 0.5) is 5.69 Å². The van der Waals surface area contributed by atoms with Crippen LogP contribution in [0.25, 0.3) is 32.9 Å². The zero-order valence-corrected chi connectivity index (χ0v) is 32.9. The van der Waals surface area contributed by atoms with Crippen molar-refractivity contribution >= 4 is 62.6 Å². The minimum absolute atomic E-state index is 0.0799. The SMILES string of the molecule is COCCn1c(C(=O)O)cc2c(OC)ccc(N3C[C@@H](C)n4c(c(CCCOc5cc(C)c(Cl)c(C)c5)c5ccc(Cl)c(-c6c(C)n[nH]c6C)c54)C3=O)c21. The van der Waals surface area contributed by atoms with Gasteiger partial charge in [0.05, 0.1) is 47.8 Å². The molecule has 0 saturated carbocycles. The average Bonchev–Trinajstić information content (AvgIpc) is 3.80. The molecular weight excluding hydrogens is 729 g/mol. The summed E-state index contributed by atoms with van der Waals surface area (Å²) in [4.78, 5) is 29.5. The Bertz CT molecular complexity index is 2420. The van der Waals surface area contributed by atoms with Crippen molar-refractivity contribution < 1.29 is 28.9 Å². The predicted octanol–water partition coefficient (Wildman–Crippen LogP) is 9.11. The molecule has 1 amide bonds. The molecule has 0 bridgehead atoms. The molecule has 282 valence electrons. The fourth-order valence-corrected chi connectivity index (χ4v) is 8.40. The van der Waals surface area contributed by atoms with Gasteiger partial charge in [0.2, 0.25) is 0 Å². The van der Waals surface area contributed by atoms with E-state index < -0.39 is 5.97 Å². The molecule has 3 aromatic heterocycles. The first kappa shape index (κ1) is 37.3. The number of rotatable bonds is 12. The standard InChI is InChI=1S/C41H43Cl2N5O6/c1-21-17-26(18-22(2)36(21)43)54-15-8-9-27-28-10-11-30(42)35(34-24(4)44-45-25(34)5)38(28)48-23(3)20-47(40(49)39(27)48)31-12-13-33(53-7)29-19-32(41(50)51)46(37(29)31)14-16-52-6/h10-13,17-19,23H,8-9,14-16,20H2,1-7H3,(H,44,45)(H,50,51)/t23-/m1/s1. The summed E-state index contributed by atoms with van der Waals surface area (Å²) in [5.41, 5.74) is 8.90. The van der Waals surface area contributed by atoms with Crippen molar-refractivity contribution in [3.05, 3.63) is 92.0 Å². The quantitative estimate of drug-likeness (QED) is 0.119. The number of aromatic nitrogens is 4. The number of hydrogen-bond donors (Lipinski definition) is 2. The van der Waals surface area contributed by atoms with Gasteiger partial charge in [-0.1, -0.05) is 29.3 Å². The lowest BCUT2D eigenvalue weighted by Crippen LogP contribution is -2.43. The van der Waals surface area contributed by atoms with Crippen molar-refractivity contribution in [3.8, 4) is 22.6 Å². The number of carboxylic acids is 1. The number of fused-ring (bicyclic) bond motifs is 4. The summed E-state index contributed by atoms with van der Waals surface area (Å²) in [5.74, 6) is -0.0307. The Morgan fingerprint density at radius 2 is 1.72 bits per heavy atom. The lowest BCUT2D eigenvalue weighted by molar-refractivity contribution is 0.0683. The Labute approximate surface area is 323 Å². The first-order chi connectivity index (χ1) is 25.9. The molecule has 3 aromatic carbocycles. The maximum Gasteiger partial charge on any atom is 0.352 e. The summed E-state index contributed by atoms with van der Waals surface area (Å²) >= 11 is 13.5. The number of H-pyrrole nitrogens is 1. The zero-order chi connectivity index (χ0) is 38.6. The maximum atomic E-state index is 15.2. The number of aromatic amines is 1. The van der Waals surface area contributed by atoms with Gasteiger partial charge in [-0.15, -0.1) is 0 Å². The number of aryl methyl sites for hydroxylation is 5. The highest BCUT2D eigenvalue weighted by atomic mass is 35.5. The van der Waals surface area contributed by atoms with Gasteiger partial charge in [-0.3, -0.25) is 9.89 Å². The van der Waals surface area contributed by atoms with Crippen molar-refractivity contribution in [1.82, 2.24) is 19.3 Å². The number of nitrogens with zero attached hydrogens (tertiary/aromatic N) is 4. The Hall–Kier alpha value is -4.97. The lowest BCUT2D eigenvalue weighted by atomic mass is 9.98. The Balaban J connectivity index is 1.40. The van der Waals surface area contributed by atoms with E-state index in [2.05, 4.69) is 21.7 Å². The molecule has 0 spiro atoms. The molecule has 0 fully saturated rings. The largest absolute Gasteiger partial charge is 0.496 e. The van der Waals surface area contributed by atoms with Crippen LogP contribution in [0.15, 0.2) is 42.5 Å². The average molecular weight is 773 g/mol. The normalized spacial score (nSPS) is 14.4. The van der Waals surface area contributed by atoms with Crippen LogP contribution in [0.2, 0.25) is 10.0 Å². The number of benzene rings is 3. The number of methoxy groups -OCH3 is 2. The summed E-state index contributed by atoms with van der Waals surface area (Å²) < 4.78 is 21.1. The number of carbonyl (C=O) groups is 2. The monoisotopic (exact) mass is 771 g/mol. The number of anilines is 1. The van der Waals surface area contributed by atoms with Gasteiger partial charge >= 0.3 is 5.97 Å². The fraction of sp³-hybridized carbons (Fsp3) is 0.341. The van der Waals surface area contributed by atoms with E-state index in [1.54, 1.807) is 35.8 Å². The van der Waals surface area contributed by atoms with E-state index in [9.17, 15) is 9.90 Å². The van der Waals surface area contributed by atoms with Crippen molar-refractivity contribution in [2.45, 2.75) is 60.0 Å². The van der Waals surface area contributed by atoms with Crippen LogP contribution in [-0.4, -0.2) is 70.3 Å². The number of amides is 1. The summed E-state index contributed by atoms with van der Waals surface area (Å²) in [7, 11) is 3.12. The number of halogens is 2. The van der Waals surface area contributed by atoms with Gasteiger partial charge in [-0.05, 0) is 101 Å². The number of nitrogens with one attached hydrogen (secondary N) is 1. The smallest absolute Gasteiger partial charge is 0.352 e. The predicted molar refractivity (Wildman–Crippen MR) is 212 cm³/mol. The van der Waals surface area contributed by atoms with E-state index in [1.165, 1.54) is 0 Å². The third-order valence-electron chi connectivity index (χ3n) is 10.4. The van der Waals surface area contributed by atoms with Crippen LogP contribution in [0.5, 0.6) is 11.5 Å². The van der Waals surface area contributed by atoms with E-state index >= 15 is 4.79 Å². The molecule has 1 aliphatic heterocycles. The second-order valence-electron chi connectivity index (χ2n) is 13.9. The second kappa shape index (κ2) is 14.7. The van der Waals surface area contributed by atoms with Gasteiger partial charge in [-0.25, -0.2) is 4.79 Å². The summed E-state index contributed by atoms with van der Waals surface area (Å²) in [5, 5.41) is 20.6. The molecular formula is C41H43Cl2N5O6. The van der Waals surface area contributed by atoms with Crippen molar-refractivity contribution in [1.29, 1.82) is 0 Å². The van der Waals surface area contributed by atoms with E-state index in [4.69, 9.17) is 37.4 Å². The van der Waals surface area contributed by atoms with Crippen molar-refractivity contribution in [2.24, 2.45) is 0 Å². The molecule has 0 aliphatic carbocycles. The zero-order valence-electron chi connectivity index (χ0n) is 31.4. The Kier molecular flexibility index (Phi) is 10.2. The topological polar surface area (TPSA) is 124 Å². The molecule has 0 radical (unpaired) electrons. The molecule has 2 N–H and O–H groups in total. The number of hydrogen-bond acceptors (Lipinski definition) is 6. The van der Waals surface area contributed by atoms with Crippen LogP contribution in [0.3, 0.4) is 0 Å². The highest BCUT2D eigenvalue weighted by Gasteiger charge is 2.38. The molecule has 4 heterocycles. The van der Waals surface area contributed by atoms with Gasteiger partial charge in [0.15, 0.2) is 0 Å². The molecule has 0 unspecified atom stereocenters. The third kappa shape index (κ3) is 6.18. The van der Waals surface area contributed by atoms with Crippen LogP contribution in [0, 0.1) is 27.7 Å². The molecule has 13 heteroatoms. The van der Waals surface area contributed by atoms with Gasteiger partial charge in [-0.2, -0.15) is 5.10 Å². The van der Waals surface area contributed by atoms with E-state index in [-0.39, 0.29) is 30.8 Å². The molecule has 54 heavy (non-hydrogen) atoms. The molecule has 1 atom stereocenters. The van der Waals surface area contributed by atoms with Crippen LogP contribution >= 0.6 is 23.2 Å². The maximum absolute atomic E-state index is 15.2. The van der Waals surface area contributed by atoms with Gasteiger partial charge in [0, 0.05) is 58.9 Å². The lowest BCUT2D eigenvalue weighted by Gasteiger charge is -2.35. The first-order valence-corrected chi connectivity index (χ1v) is 18.6. The highest BCUT2D eigenvalue weighted by molar-refractivity contribution is 6.35. The molecule has 7 rings (SSSR count). The summed E-state index contributed by atoms with van der Waals surface area (Å²) in [6.07, 6.45) is 1.18. The molecule has 1 aliphatic rings. The number of carbonyl (C=O) groups excluding carboxylic acids is 1. The molecule has 6 aromatic rings. The van der Waals surface area contributed by atoms with Gasteiger partial charge in [0.1, 0.15) is 22.9 Å². The van der Waals surface area contributed by atoms with Crippen LogP contribution in [-0.2, 0) is 17.7 Å². The minimum atomic E-state index is -1.09. The number of aromatic carboxylic acids is 1. The molecule has 11 nitrogen and oxygen atoms in total. The Morgan fingerprint density at radius 3 is 2.37 bits per heavy atom. The number of ether oxygens (including phenoxy) is 3. The minimum Gasteiger partial charge on any atom is -0.496 e. The Morgan fingerprint density at radius 1 is 0.981 bits per heavy atom. The van der Waals surface area contributed by atoms with E-state index in [0.717, 1.165) is 60.9 Å². The fourth-order valence-electron chi connectivity index (χ4n) is 8.05. The highest BCUT2D eigenvalue weighted by Crippen LogP contribution is 2.46. The van der Waals surface area contributed by atoms with Crippen molar-refractivity contribution in [2.75, 3.05) is 38.9 Å². The van der Waals surface area contributed by atoms with E-state index in [1.807, 2.05) is 58.0 Å².